The van der Waals surface area contributed by atoms with Crippen LogP contribution in [0.1, 0.15) is 24.3 Å². The molecule has 20 heavy (non-hydrogen) atoms. The fourth-order valence-electron chi connectivity index (χ4n) is 1.56. The van der Waals surface area contributed by atoms with Crippen LogP contribution in [0.2, 0.25) is 0 Å². The smallest absolute Gasteiger partial charge is 0.270 e. The Labute approximate surface area is 126 Å². The summed E-state index contributed by atoms with van der Waals surface area (Å²) in [5, 5.41) is 5.87. The van der Waals surface area contributed by atoms with E-state index in [1.165, 1.54) is 0 Å². The summed E-state index contributed by atoms with van der Waals surface area (Å²) in [5.74, 6) is 0.172. The molecule has 0 aliphatic heterocycles. The second-order valence-electron chi connectivity index (χ2n) is 4.50. The first-order chi connectivity index (χ1) is 9.56. The molecule has 0 atom stereocenters. The van der Waals surface area contributed by atoms with Gasteiger partial charge in [-0.3, -0.25) is 4.79 Å². The molecule has 0 aliphatic rings. The molecule has 1 aromatic heterocycles. The Bertz CT molecular complexity index is 616. The standard InChI is InChI=1S/C14H15BrN4O/c1-9(2)17-13(20)12-7-8-16-14(19-12)18-11-6-4-3-5-10(11)15/h3-9H,1-2H3,(H,17,20)(H,16,18,19). The van der Waals surface area contributed by atoms with Crippen molar-refractivity contribution in [2.45, 2.75) is 19.9 Å². The number of aromatic nitrogens is 2. The van der Waals surface area contributed by atoms with Crippen molar-refractivity contribution in [3.8, 4) is 0 Å². The Balaban J connectivity index is 2.18. The number of halogens is 1. The van der Waals surface area contributed by atoms with Gasteiger partial charge in [0.15, 0.2) is 0 Å². The molecule has 2 aromatic rings. The number of amides is 1. The first-order valence-electron chi connectivity index (χ1n) is 6.21. The van der Waals surface area contributed by atoms with E-state index in [4.69, 9.17) is 0 Å². The average molecular weight is 335 g/mol. The molecule has 0 spiro atoms. The summed E-state index contributed by atoms with van der Waals surface area (Å²) in [6.07, 6.45) is 1.56. The number of benzene rings is 1. The maximum Gasteiger partial charge on any atom is 0.270 e. The van der Waals surface area contributed by atoms with Gasteiger partial charge in [0.05, 0.1) is 5.69 Å². The third-order valence-electron chi connectivity index (χ3n) is 2.43. The van der Waals surface area contributed by atoms with E-state index in [9.17, 15) is 4.79 Å². The number of rotatable bonds is 4. The molecule has 0 unspecified atom stereocenters. The van der Waals surface area contributed by atoms with Crippen LogP contribution in [-0.4, -0.2) is 21.9 Å². The summed E-state index contributed by atoms with van der Waals surface area (Å²) in [4.78, 5) is 20.2. The van der Waals surface area contributed by atoms with Crippen LogP contribution >= 0.6 is 15.9 Å². The van der Waals surface area contributed by atoms with E-state index in [1.807, 2.05) is 38.1 Å². The molecular weight excluding hydrogens is 320 g/mol. The summed E-state index contributed by atoms with van der Waals surface area (Å²) in [6.45, 7) is 3.80. The van der Waals surface area contributed by atoms with Crippen molar-refractivity contribution in [2.24, 2.45) is 0 Å². The predicted octanol–water partition coefficient (Wildman–Crippen LogP) is 3.12. The Morgan fingerprint density at radius 1 is 1.25 bits per heavy atom. The fraction of sp³-hybridized carbons (Fsp3) is 0.214. The van der Waals surface area contributed by atoms with Crippen LogP contribution in [0.3, 0.4) is 0 Å². The third-order valence-corrected chi connectivity index (χ3v) is 3.12. The lowest BCUT2D eigenvalue weighted by molar-refractivity contribution is 0.0938. The Morgan fingerprint density at radius 3 is 2.70 bits per heavy atom. The SMILES string of the molecule is CC(C)NC(=O)c1ccnc(Nc2ccccc2Br)n1. The summed E-state index contributed by atoms with van der Waals surface area (Å²) < 4.78 is 0.903. The van der Waals surface area contributed by atoms with Crippen LogP contribution in [0.5, 0.6) is 0 Å². The van der Waals surface area contributed by atoms with Crippen LogP contribution in [0.4, 0.5) is 11.6 Å². The van der Waals surface area contributed by atoms with Crippen LogP contribution in [0.25, 0.3) is 0 Å². The van der Waals surface area contributed by atoms with Gasteiger partial charge in [0.1, 0.15) is 5.69 Å². The molecule has 1 aromatic carbocycles. The molecule has 6 heteroatoms. The van der Waals surface area contributed by atoms with Gasteiger partial charge in [-0.05, 0) is 48.0 Å². The molecule has 5 nitrogen and oxygen atoms in total. The van der Waals surface area contributed by atoms with Gasteiger partial charge in [0.25, 0.3) is 5.91 Å². The molecule has 1 amide bonds. The van der Waals surface area contributed by atoms with Crippen molar-refractivity contribution >= 4 is 33.5 Å². The minimum atomic E-state index is -0.211. The summed E-state index contributed by atoms with van der Waals surface area (Å²) in [7, 11) is 0. The first kappa shape index (κ1) is 14.5. The lowest BCUT2D eigenvalue weighted by Crippen LogP contribution is -2.30. The number of anilines is 2. The van der Waals surface area contributed by atoms with Gasteiger partial charge < -0.3 is 10.6 Å². The highest BCUT2D eigenvalue weighted by atomic mass is 79.9. The molecule has 0 fully saturated rings. The highest BCUT2D eigenvalue weighted by Gasteiger charge is 2.10. The minimum Gasteiger partial charge on any atom is -0.349 e. The number of para-hydroxylation sites is 1. The maximum atomic E-state index is 11.9. The molecular formula is C14H15BrN4O. The lowest BCUT2D eigenvalue weighted by Gasteiger charge is -2.09. The highest BCUT2D eigenvalue weighted by molar-refractivity contribution is 9.10. The van der Waals surface area contributed by atoms with Crippen LogP contribution in [0, 0.1) is 0 Å². The zero-order valence-corrected chi connectivity index (χ0v) is 12.8. The van der Waals surface area contributed by atoms with Gasteiger partial charge in [-0.1, -0.05) is 12.1 Å². The first-order valence-corrected chi connectivity index (χ1v) is 7.01. The van der Waals surface area contributed by atoms with Crippen molar-refractivity contribution in [2.75, 3.05) is 5.32 Å². The van der Waals surface area contributed by atoms with Crippen LogP contribution in [-0.2, 0) is 0 Å². The normalized spacial score (nSPS) is 10.4. The molecule has 0 saturated heterocycles. The largest absolute Gasteiger partial charge is 0.349 e. The summed E-state index contributed by atoms with van der Waals surface area (Å²) in [6, 6.07) is 9.29. The number of carbonyl (C=O) groups excluding carboxylic acids is 1. The molecule has 0 radical (unpaired) electrons. The number of nitrogens with one attached hydrogen (secondary N) is 2. The van der Waals surface area contributed by atoms with E-state index >= 15 is 0 Å². The molecule has 104 valence electrons. The van der Waals surface area contributed by atoms with E-state index in [0.717, 1.165) is 10.2 Å². The van der Waals surface area contributed by atoms with Crippen molar-refractivity contribution in [3.63, 3.8) is 0 Å². The number of carbonyl (C=O) groups is 1. The Morgan fingerprint density at radius 2 is 2.00 bits per heavy atom. The number of hydrogen-bond donors (Lipinski definition) is 2. The molecule has 2 N–H and O–H groups in total. The van der Waals surface area contributed by atoms with Crippen molar-refractivity contribution in [1.29, 1.82) is 0 Å². The molecule has 0 saturated carbocycles. The van der Waals surface area contributed by atoms with Gasteiger partial charge in [-0.25, -0.2) is 9.97 Å². The third kappa shape index (κ3) is 3.77. The van der Waals surface area contributed by atoms with Crippen molar-refractivity contribution in [1.82, 2.24) is 15.3 Å². The second-order valence-corrected chi connectivity index (χ2v) is 5.35. The monoisotopic (exact) mass is 334 g/mol. The van der Waals surface area contributed by atoms with Crippen LogP contribution < -0.4 is 10.6 Å². The summed E-state index contributed by atoms with van der Waals surface area (Å²) >= 11 is 3.44. The van der Waals surface area contributed by atoms with Gasteiger partial charge >= 0.3 is 0 Å². The molecule has 2 rings (SSSR count). The quantitative estimate of drug-likeness (QED) is 0.901. The topological polar surface area (TPSA) is 66.9 Å². The zero-order chi connectivity index (χ0) is 14.5. The van der Waals surface area contributed by atoms with Crippen molar-refractivity contribution < 1.29 is 4.79 Å². The van der Waals surface area contributed by atoms with E-state index in [-0.39, 0.29) is 11.9 Å². The van der Waals surface area contributed by atoms with E-state index in [1.54, 1.807) is 12.3 Å². The fourth-order valence-corrected chi connectivity index (χ4v) is 1.95. The number of hydrogen-bond acceptors (Lipinski definition) is 4. The molecule has 1 heterocycles. The number of nitrogens with zero attached hydrogens (tertiary/aromatic N) is 2. The van der Waals surface area contributed by atoms with E-state index in [2.05, 4.69) is 36.5 Å². The second kappa shape index (κ2) is 6.47. The Kier molecular flexibility index (Phi) is 4.68. The van der Waals surface area contributed by atoms with Gasteiger partial charge in [-0.2, -0.15) is 0 Å². The minimum absolute atomic E-state index is 0.0668. The van der Waals surface area contributed by atoms with E-state index in [0.29, 0.717) is 11.6 Å². The summed E-state index contributed by atoms with van der Waals surface area (Å²) in [5.41, 5.74) is 1.18. The maximum absolute atomic E-state index is 11.9. The lowest BCUT2D eigenvalue weighted by atomic mass is 10.3. The average Bonchev–Trinajstić information content (AvgIpc) is 2.41. The van der Waals surface area contributed by atoms with Gasteiger partial charge in [0, 0.05) is 16.7 Å². The van der Waals surface area contributed by atoms with Crippen molar-refractivity contribution in [3.05, 3.63) is 46.7 Å². The van der Waals surface area contributed by atoms with Gasteiger partial charge in [0.2, 0.25) is 5.95 Å². The Hall–Kier alpha value is -1.95. The van der Waals surface area contributed by atoms with Crippen LogP contribution in [0.15, 0.2) is 41.0 Å². The predicted molar refractivity (Wildman–Crippen MR) is 82.1 cm³/mol. The highest BCUT2D eigenvalue weighted by Crippen LogP contribution is 2.23. The molecule has 0 aliphatic carbocycles. The zero-order valence-electron chi connectivity index (χ0n) is 11.2. The molecule has 0 bridgehead atoms. The van der Waals surface area contributed by atoms with Gasteiger partial charge in [-0.15, -0.1) is 0 Å². The van der Waals surface area contributed by atoms with E-state index < -0.39 is 0 Å².